The summed E-state index contributed by atoms with van der Waals surface area (Å²) in [7, 11) is 1.29. The molecule has 0 atom stereocenters. The minimum atomic E-state index is -0.489. The molecule has 2 N–H and O–H groups in total. The van der Waals surface area contributed by atoms with Crippen LogP contribution < -0.4 is 10.9 Å². The highest BCUT2D eigenvalue weighted by Crippen LogP contribution is 2.20. The predicted octanol–water partition coefficient (Wildman–Crippen LogP) is 2.88. The Labute approximate surface area is 143 Å². The van der Waals surface area contributed by atoms with Gasteiger partial charge in [0, 0.05) is 22.7 Å². The van der Waals surface area contributed by atoms with Crippen LogP contribution in [0.15, 0.2) is 53.3 Å². The topological polar surface area (TPSA) is 88.3 Å². The number of rotatable bonds is 3. The Morgan fingerprint density at radius 3 is 2.60 bits per heavy atom. The van der Waals surface area contributed by atoms with Gasteiger partial charge in [-0.3, -0.25) is 9.59 Å². The monoisotopic (exact) mass is 336 g/mol. The van der Waals surface area contributed by atoms with E-state index in [0.717, 1.165) is 5.56 Å². The zero-order valence-electron chi connectivity index (χ0n) is 13.8. The summed E-state index contributed by atoms with van der Waals surface area (Å²) in [5, 5.41) is 3.41. The molecule has 0 saturated carbocycles. The minimum absolute atomic E-state index is 0.266. The molecule has 0 fully saturated rings. The van der Waals surface area contributed by atoms with Gasteiger partial charge in [-0.05, 0) is 30.7 Å². The smallest absolute Gasteiger partial charge is 0.337 e. The normalized spacial score (nSPS) is 10.5. The van der Waals surface area contributed by atoms with Crippen molar-refractivity contribution >= 4 is 28.5 Å². The number of fused-ring (bicyclic) bond motifs is 1. The molecule has 6 heteroatoms. The number of esters is 1. The highest BCUT2D eigenvalue weighted by atomic mass is 16.5. The van der Waals surface area contributed by atoms with Gasteiger partial charge in [0.15, 0.2) is 0 Å². The van der Waals surface area contributed by atoms with Crippen LogP contribution in [0, 0.1) is 6.92 Å². The van der Waals surface area contributed by atoms with Crippen molar-refractivity contribution in [1.82, 2.24) is 4.98 Å². The molecular weight excluding hydrogens is 320 g/mol. The molecular formula is C19H16N2O4. The number of para-hydroxylation sites is 1. The number of aromatic nitrogens is 1. The molecule has 2 aromatic carbocycles. The first-order valence-electron chi connectivity index (χ1n) is 7.62. The maximum Gasteiger partial charge on any atom is 0.337 e. The predicted molar refractivity (Wildman–Crippen MR) is 95.0 cm³/mol. The third-order valence-corrected chi connectivity index (χ3v) is 3.90. The molecule has 0 bridgehead atoms. The molecule has 0 aliphatic heterocycles. The van der Waals surface area contributed by atoms with Crippen molar-refractivity contribution in [2.45, 2.75) is 6.92 Å². The van der Waals surface area contributed by atoms with Crippen molar-refractivity contribution in [3.05, 3.63) is 75.6 Å². The molecule has 1 aromatic heterocycles. The number of aryl methyl sites for hydroxylation is 1. The number of H-pyrrole nitrogens is 1. The maximum absolute atomic E-state index is 12.7. The highest BCUT2D eigenvalue weighted by molar-refractivity contribution is 6.12. The van der Waals surface area contributed by atoms with Crippen LogP contribution in [0.4, 0.5) is 5.69 Å². The maximum atomic E-state index is 12.7. The highest BCUT2D eigenvalue weighted by Gasteiger charge is 2.14. The van der Waals surface area contributed by atoms with E-state index < -0.39 is 11.9 Å². The molecule has 3 aromatic rings. The van der Waals surface area contributed by atoms with Crippen LogP contribution in [0.1, 0.15) is 26.3 Å². The number of benzene rings is 2. The van der Waals surface area contributed by atoms with Gasteiger partial charge in [0.1, 0.15) is 0 Å². The molecule has 0 spiro atoms. The number of amides is 1. The van der Waals surface area contributed by atoms with Crippen LogP contribution in [0.25, 0.3) is 10.9 Å². The van der Waals surface area contributed by atoms with Gasteiger partial charge in [0.05, 0.1) is 18.2 Å². The Hall–Kier alpha value is -3.41. The largest absolute Gasteiger partial charge is 0.465 e. The Morgan fingerprint density at radius 2 is 1.84 bits per heavy atom. The lowest BCUT2D eigenvalue weighted by Gasteiger charge is -2.11. The van der Waals surface area contributed by atoms with Crippen molar-refractivity contribution in [1.29, 1.82) is 0 Å². The zero-order valence-corrected chi connectivity index (χ0v) is 13.8. The van der Waals surface area contributed by atoms with Crippen LogP contribution >= 0.6 is 0 Å². The van der Waals surface area contributed by atoms with Crippen molar-refractivity contribution < 1.29 is 14.3 Å². The van der Waals surface area contributed by atoms with E-state index >= 15 is 0 Å². The first-order chi connectivity index (χ1) is 12.0. The molecule has 3 rings (SSSR count). The van der Waals surface area contributed by atoms with Crippen LogP contribution in [-0.2, 0) is 4.74 Å². The lowest BCUT2D eigenvalue weighted by atomic mass is 10.1. The van der Waals surface area contributed by atoms with Gasteiger partial charge in [-0.2, -0.15) is 0 Å². The zero-order chi connectivity index (χ0) is 18.0. The molecule has 1 amide bonds. The van der Waals surface area contributed by atoms with E-state index in [1.807, 2.05) is 6.92 Å². The lowest BCUT2D eigenvalue weighted by molar-refractivity contribution is 0.0600. The number of carbonyl (C=O) groups excluding carboxylic acids is 2. The van der Waals surface area contributed by atoms with Gasteiger partial charge in [0.2, 0.25) is 5.56 Å². The van der Waals surface area contributed by atoms with E-state index in [4.69, 9.17) is 4.74 Å². The van der Waals surface area contributed by atoms with Crippen molar-refractivity contribution in [3.8, 4) is 0 Å². The van der Waals surface area contributed by atoms with E-state index in [9.17, 15) is 14.4 Å². The third kappa shape index (κ3) is 3.28. The van der Waals surface area contributed by atoms with Crippen LogP contribution in [0.5, 0.6) is 0 Å². The quantitative estimate of drug-likeness (QED) is 0.720. The van der Waals surface area contributed by atoms with E-state index in [1.54, 1.807) is 42.5 Å². The number of carbonyl (C=O) groups is 2. The molecule has 6 nitrogen and oxygen atoms in total. The Bertz CT molecular complexity index is 1040. The Morgan fingerprint density at radius 1 is 1.08 bits per heavy atom. The summed E-state index contributed by atoms with van der Waals surface area (Å²) >= 11 is 0. The van der Waals surface area contributed by atoms with Gasteiger partial charge in [-0.25, -0.2) is 4.79 Å². The number of nitrogens with one attached hydrogen (secondary N) is 2. The van der Waals surface area contributed by atoms with Crippen LogP contribution in [0.2, 0.25) is 0 Å². The number of anilines is 1. The second-order valence-corrected chi connectivity index (χ2v) is 5.57. The number of ether oxygens (including phenoxy) is 1. The Balaban J connectivity index is 2.01. The first-order valence-corrected chi connectivity index (χ1v) is 7.62. The molecule has 0 aliphatic rings. The Kier molecular flexibility index (Phi) is 4.35. The fraction of sp³-hybridized carbons (Fsp3) is 0.105. The molecule has 0 radical (unpaired) electrons. The fourth-order valence-electron chi connectivity index (χ4n) is 2.58. The second-order valence-electron chi connectivity index (χ2n) is 5.57. The standard InChI is InChI=1S/C19H16N2O4/c1-11-7-8-12(19(24)25-2)9-16(11)21-18(23)14-10-17(22)20-15-6-4-3-5-13(14)15/h3-10H,1-2H3,(H,20,22)(H,21,23). The molecule has 0 unspecified atom stereocenters. The summed E-state index contributed by atoms with van der Waals surface area (Å²) in [6.45, 7) is 1.81. The molecule has 25 heavy (non-hydrogen) atoms. The number of aromatic amines is 1. The van der Waals surface area contributed by atoms with Gasteiger partial charge in [0.25, 0.3) is 5.91 Å². The van der Waals surface area contributed by atoms with Crippen LogP contribution in [0.3, 0.4) is 0 Å². The third-order valence-electron chi connectivity index (χ3n) is 3.90. The van der Waals surface area contributed by atoms with Gasteiger partial charge < -0.3 is 15.0 Å². The lowest BCUT2D eigenvalue weighted by Crippen LogP contribution is -2.17. The van der Waals surface area contributed by atoms with Crippen molar-refractivity contribution in [2.24, 2.45) is 0 Å². The summed E-state index contributed by atoms with van der Waals surface area (Å²) in [6.07, 6.45) is 0. The number of methoxy groups -OCH3 is 1. The summed E-state index contributed by atoms with van der Waals surface area (Å²) in [5.41, 5.74) is 2.10. The molecule has 126 valence electrons. The average molecular weight is 336 g/mol. The molecule has 1 heterocycles. The van der Waals surface area contributed by atoms with Gasteiger partial charge >= 0.3 is 5.97 Å². The van der Waals surface area contributed by atoms with Crippen molar-refractivity contribution in [3.63, 3.8) is 0 Å². The van der Waals surface area contributed by atoms with E-state index in [0.29, 0.717) is 22.2 Å². The van der Waals surface area contributed by atoms with Gasteiger partial charge in [-0.15, -0.1) is 0 Å². The average Bonchev–Trinajstić information content (AvgIpc) is 2.62. The SMILES string of the molecule is COC(=O)c1ccc(C)c(NC(=O)c2cc(=O)[nH]c3ccccc23)c1. The van der Waals surface area contributed by atoms with Crippen LogP contribution in [-0.4, -0.2) is 24.0 Å². The summed E-state index contributed by atoms with van der Waals surface area (Å²) < 4.78 is 4.70. The number of hydrogen-bond acceptors (Lipinski definition) is 4. The molecule has 0 aliphatic carbocycles. The molecule has 0 saturated heterocycles. The number of pyridine rings is 1. The summed E-state index contributed by atoms with van der Waals surface area (Å²) in [5.74, 6) is -0.912. The van der Waals surface area contributed by atoms with E-state index in [-0.39, 0.29) is 11.1 Å². The fourth-order valence-corrected chi connectivity index (χ4v) is 2.58. The van der Waals surface area contributed by atoms with Crippen molar-refractivity contribution in [2.75, 3.05) is 12.4 Å². The summed E-state index contributed by atoms with van der Waals surface area (Å²) in [4.78, 5) is 38.9. The minimum Gasteiger partial charge on any atom is -0.465 e. The second kappa shape index (κ2) is 6.60. The van der Waals surface area contributed by atoms with E-state index in [1.165, 1.54) is 13.2 Å². The number of hydrogen-bond donors (Lipinski definition) is 2. The van der Waals surface area contributed by atoms with E-state index in [2.05, 4.69) is 10.3 Å². The summed E-state index contributed by atoms with van der Waals surface area (Å²) in [6, 6.07) is 13.2. The van der Waals surface area contributed by atoms with Gasteiger partial charge in [-0.1, -0.05) is 24.3 Å². The first kappa shape index (κ1) is 16.4.